The second-order valence-corrected chi connectivity index (χ2v) is 2.88. The van der Waals surface area contributed by atoms with Crippen LogP contribution in [-0.2, 0) is 28.0 Å². The van der Waals surface area contributed by atoms with E-state index in [0.717, 1.165) is 5.56 Å². The largest absolute Gasteiger partial charge is 2.00 e. The Morgan fingerprint density at radius 3 is 2.12 bits per heavy atom. The number of hydrogen-bond donors (Lipinski definition) is 3. The summed E-state index contributed by atoms with van der Waals surface area (Å²) < 4.78 is 0. The van der Waals surface area contributed by atoms with E-state index < -0.39 is 11.9 Å². The van der Waals surface area contributed by atoms with Crippen LogP contribution in [0.1, 0.15) is 5.56 Å². The number of carbonyl (C=O) groups excluding carboxylic acids is 1. The number of benzene rings is 1. The Kier molecular flexibility index (Phi) is 12.1. The molecular formula is C9H13ClCoN2O3. The molecule has 1 aromatic rings. The molecule has 0 spiro atoms. The maximum Gasteiger partial charge on any atom is 2.00 e. The monoisotopic (exact) mass is 291 g/mol. The van der Waals surface area contributed by atoms with Crippen LogP contribution in [0.4, 0.5) is 0 Å². The number of phenols is 1. The van der Waals surface area contributed by atoms with Crippen LogP contribution in [-0.4, -0.2) is 22.5 Å². The van der Waals surface area contributed by atoms with Gasteiger partial charge in [0.2, 0.25) is 5.91 Å². The van der Waals surface area contributed by atoms with Crippen LogP contribution in [0, 0.1) is 0 Å². The van der Waals surface area contributed by atoms with Gasteiger partial charge in [-0.15, -0.1) is 0 Å². The van der Waals surface area contributed by atoms with Crippen molar-refractivity contribution in [3.63, 3.8) is 0 Å². The molecule has 7 heteroatoms. The smallest absolute Gasteiger partial charge is 1.00 e. The average Bonchev–Trinajstić information content (AvgIpc) is 2.08. The van der Waals surface area contributed by atoms with E-state index in [1.54, 1.807) is 24.3 Å². The van der Waals surface area contributed by atoms with Crippen molar-refractivity contribution in [1.29, 1.82) is 0 Å². The number of primary amides is 1. The Morgan fingerprint density at radius 1 is 1.31 bits per heavy atom. The van der Waals surface area contributed by atoms with Gasteiger partial charge < -0.3 is 34.5 Å². The van der Waals surface area contributed by atoms with Crippen molar-refractivity contribution in [2.24, 2.45) is 11.5 Å². The maximum atomic E-state index is 10.6. The molecule has 1 rings (SSSR count). The topological polar surface area (TPSA) is 119 Å². The molecule has 16 heavy (non-hydrogen) atoms. The van der Waals surface area contributed by atoms with E-state index in [-0.39, 0.29) is 40.4 Å². The Labute approximate surface area is 110 Å². The van der Waals surface area contributed by atoms with Crippen LogP contribution in [0.3, 0.4) is 0 Å². The number of amides is 1. The summed E-state index contributed by atoms with van der Waals surface area (Å²) in [7, 11) is 0. The molecule has 0 saturated carbocycles. The molecule has 1 aromatic carbocycles. The van der Waals surface area contributed by atoms with Crippen molar-refractivity contribution < 1.29 is 44.6 Å². The summed E-state index contributed by atoms with van der Waals surface area (Å²) in [6, 6.07) is 5.84. The fraction of sp³-hybridized carbons (Fsp3) is 0.222. The van der Waals surface area contributed by atoms with Crippen LogP contribution in [0.2, 0.25) is 0 Å². The Morgan fingerprint density at radius 2 is 1.75 bits per heavy atom. The SMILES string of the molecule is NC(=O)[C@@H](N)Cc1ccc(O)cc1.[Cl-].[Co+2].[OH-]. The molecule has 0 saturated heterocycles. The van der Waals surface area contributed by atoms with E-state index in [2.05, 4.69) is 0 Å². The van der Waals surface area contributed by atoms with Crippen molar-refractivity contribution in [3.8, 4) is 5.75 Å². The Hall–Kier alpha value is -0.794. The van der Waals surface area contributed by atoms with Gasteiger partial charge in [-0.3, -0.25) is 4.79 Å². The first-order valence-corrected chi connectivity index (χ1v) is 3.92. The molecule has 0 fully saturated rings. The van der Waals surface area contributed by atoms with Gasteiger partial charge in [0.15, 0.2) is 0 Å². The molecule has 1 atom stereocenters. The number of halogens is 1. The van der Waals surface area contributed by atoms with Crippen molar-refractivity contribution in [1.82, 2.24) is 0 Å². The molecule has 0 unspecified atom stereocenters. The molecule has 0 aliphatic rings. The number of nitrogens with two attached hydrogens (primary N) is 2. The zero-order chi connectivity index (χ0) is 9.84. The summed E-state index contributed by atoms with van der Waals surface area (Å²) in [4.78, 5) is 10.6. The molecule has 0 aliphatic heterocycles. The molecule has 1 radical (unpaired) electrons. The second kappa shape index (κ2) is 9.43. The van der Waals surface area contributed by atoms with Gasteiger partial charge in [0.25, 0.3) is 0 Å². The minimum Gasteiger partial charge on any atom is -1.00 e. The van der Waals surface area contributed by atoms with Crippen LogP contribution < -0.4 is 23.9 Å². The van der Waals surface area contributed by atoms with Gasteiger partial charge in [0.05, 0.1) is 6.04 Å². The normalized spacial score (nSPS) is 10.1. The average molecular weight is 292 g/mol. The number of phenolic OH excluding ortho intramolecular Hbond substituents is 1. The summed E-state index contributed by atoms with van der Waals surface area (Å²) >= 11 is 0. The van der Waals surface area contributed by atoms with Gasteiger partial charge >= 0.3 is 16.8 Å². The number of hydrogen-bond acceptors (Lipinski definition) is 4. The minimum atomic E-state index is -0.662. The molecule has 0 aliphatic carbocycles. The first-order valence-electron chi connectivity index (χ1n) is 3.92. The van der Waals surface area contributed by atoms with Crippen LogP contribution in [0.15, 0.2) is 24.3 Å². The predicted octanol–water partition coefficient (Wildman–Crippen LogP) is -3.43. The first kappa shape index (κ1) is 20.6. The maximum absolute atomic E-state index is 10.6. The summed E-state index contributed by atoms with van der Waals surface area (Å²) in [6.45, 7) is 0. The number of aromatic hydroxyl groups is 1. The predicted molar refractivity (Wildman–Crippen MR) is 50.9 cm³/mol. The van der Waals surface area contributed by atoms with E-state index in [4.69, 9.17) is 16.6 Å². The van der Waals surface area contributed by atoms with E-state index in [9.17, 15) is 4.79 Å². The van der Waals surface area contributed by atoms with Gasteiger partial charge in [-0.05, 0) is 24.1 Å². The van der Waals surface area contributed by atoms with E-state index in [1.807, 2.05) is 0 Å². The zero-order valence-electron chi connectivity index (χ0n) is 8.26. The quantitative estimate of drug-likeness (QED) is 0.537. The fourth-order valence-corrected chi connectivity index (χ4v) is 0.987. The first-order chi connectivity index (χ1) is 6.09. The number of rotatable bonds is 3. The van der Waals surface area contributed by atoms with Crippen LogP contribution >= 0.6 is 0 Å². The third kappa shape index (κ3) is 6.65. The third-order valence-electron chi connectivity index (χ3n) is 1.76. The summed E-state index contributed by atoms with van der Waals surface area (Å²) in [6.07, 6.45) is 0.398. The molecule has 93 valence electrons. The molecule has 0 heterocycles. The van der Waals surface area contributed by atoms with Gasteiger partial charge in [-0.2, -0.15) is 0 Å². The van der Waals surface area contributed by atoms with Gasteiger partial charge in [-0.1, -0.05) is 12.1 Å². The van der Waals surface area contributed by atoms with Crippen LogP contribution in [0.5, 0.6) is 5.75 Å². The van der Waals surface area contributed by atoms with E-state index in [0.29, 0.717) is 6.42 Å². The Balaban J connectivity index is -0.000000563. The van der Waals surface area contributed by atoms with Crippen molar-refractivity contribution in [3.05, 3.63) is 29.8 Å². The van der Waals surface area contributed by atoms with Gasteiger partial charge in [0, 0.05) is 0 Å². The van der Waals surface area contributed by atoms with Gasteiger partial charge in [-0.25, -0.2) is 0 Å². The molecule has 0 aromatic heterocycles. The molecule has 6 N–H and O–H groups in total. The van der Waals surface area contributed by atoms with Crippen LogP contribution in [0.25, 0.3) is 0 Å². The van der Waals surface area contributed by atoms with E-state index >= 15 is 0 Å². The summed E-state index contributed by atoms with van der Waals surface area (Å²) in [5.74, 6) is -0.329. The molecule has 5 nitrogen and oxygen atoms in total. The van der Waals surface area contributed by atoms with E-state index in [1.165, 1.54) is 0 Å². The molecule has 1 amide bonds. The third-order valence-corrected chi connectivity index (χ3v) is 1.76. The summed E-state index contributed by atoms with van der Waals surface area (Å²) in [5.41, 5.74) is 11.3. The number of carbonyl (C=O) groups is 1. The molecule has 0 bridgehead atoms. The van der Waals surface area contributed by atoms with Crippen molar-refractivity contribution in [2.45, 2.75) is 12.5 Å². The standard InChI is InChI=1S/C9H12N2O2.ClH.Co.H2O/c10-8(9(11)13)5-6-1-3-7(12)4-2-6;;;/h1-4,8,12H,5,10H2,(H2,11,13);1H;;1H2/q;;+2;/p-2/t8-;;;/m0.../s1. The van der Waals surface area contributed by atoms with Crippen molar-refractivity contribution in [2.75, 3.05) is 0 Å². The Bertz CT molecular complexity index is 308. The van der Waals surface area contributed by atoms with Gasteiger partial charge in [0.1, 0.15) is 5.75 Å². The zero-order valence-corrected chi connectivity index (χ0v) is 10.1. The summed E-state index contributed by atoms with van der Waals surface area (Å²) in [5, 5.41) is 8.98. The second-order valence-electron chi connectivity index (χ2n) is 2.88. The minimum absolute atomic E-state index is 0. The fourth-order valence-electron chi connectivity index (χ4n) is 0.987. The molecular weight excluding hydrogens is 278 g/mol. The van der Waals surface area contributed by atoms with Crippen molar-refractivity contribution >= 4 is 5.91 Å².